The Hall–Kier alpha value is -0.0900. The van der Waals surface area contributed by atoms with Gasteiger partial charge in [-0.1, -0.05) is 30.4 Å². The van der Waals surface area contributed by atoms with Gasteiger partial charge in [0.05, 0.1) is 15.0 Å². The second-order valence-electron chi connectivity index (χ2n) is 4.69. The molecule has 0 amide bonds. The summed E-state index contributed by atoms with van der Waals surface area (Å²) < 4.78 is 8.51. The first kappa shape index (κ1) is 16.3. The van der Waals surface area contributed by atoms with Crippen LogP contribution in [-0.4, -0.2) is 20.8 Å². The first-order valence-electron chi connectivity index (χ1n) is 5.99. The summed E-state index contributed by atoms with van der Waals surface area (Å²) in [5, 5.41) is 1.17. The van der Waals surface area contributed by atoms with Gasteiger partial charge < -0.3 is 8.86 Å². The van der Waals surface area contributed by atoms with Gasteiger partial charge in [0, 0.05) is 18.0 Å². The normalized spacial score (nSPS) is 12.9. The molecular weight excluding hydrogens is 328 g/mol. The average Bonchev–Trinajstić information content (AvgIpc) is 2.71. The molecule has 0 N–H and O–H groups in total. The average molecular weight is 346 g/mol. The minimum atomic E-state index is -0.362. The summed E-state index contributed by atoms with van der Waals surface area (Å²) in [6.45, 7) is 2.06. The molecule has 4 nitrogen and oxygen atoms in total. The highest BCUT2D eigenvalue weighted by atomic mass is 31.1. The van der Waals surface area contributed by atoms with Gasteiger partial charge in [-0.25, -0.2) is 0 Å². The van der Waals surface area contributed by atoms with Crippen molar-refractivity contribution in [3.8, 4) is 0 Å². The molecule has 0 radical (unpaired) electrons. The molecule has 20 heavy (non-hydrogen) atoms. The fraction of sp³-hybridized carbons (Fsp3) is 0.250. The maximum absolute atomic E-state index is 11.8. The van der Waals surface area contributed by atoms with E-state index in [1.54, 1.807) is 4.44 Å². The number of carbonyl (C=O) groups is 1. The molecule has 2 aromatic rings. The molecule has 0 spiro atoms. The molecule has 2 rings (SSSR count). The molecule has 0 aliphatic rings. The van der Waals surface area contributed by atoms with Crippen LogP contribution in [0, 0.1) is 6.92 Å². The summed E-state index contributed by atoms with van der Waals surface area (Å²) in [7, 11) is 9.67. The smallest absolute Gasteiger partial charge is 0.326 e. The monoisotopic (exact) mass is 346 g/mol. The third-order valence-corrected chi connectivity index (χ3v) is 4.61. The van der Waals surface area contributed by atoms with E-state index in [1.165, 1.54) is 10.9 Å². The van der Waals surface area contributed by atoms with Crippen molar-refractivity contribution in [1.29, 1.82) is 0 Å². The van der Waals surface area contributed by atoms with Gasteiger partial charge in [0.1, 0.15) is 6.04 Å². The number of rotatable bonds is 4. The molecule has 5 unspecified atom stereocenters. The number of hydrogen-bond acceptors (Lipinski definition) is 3. The molecule has 0 aliphatic heterocycles. The number of aromatic nitrogens is 1. The van der Waals surface area contributed by atoms with Gasteiger partial charge in [-0.05, 0) is 34.0 Å². The zero-order chi connectivity index (χ0) is 14.9. The van der Waals surface area contributed by atoms with Crippen LogP contribution in [-0.2, 0) is 15.7 Å². The maximum Gasteiger partial charge on any atom is 0.326 e. The van der Waals surface area contributed by atoms with E-state index in [0.717, 1.165) is 11.1 Å². The highest BCUT2D eigenvalue weighted by molar-refractivity contribution is 7.31. The van der Waals surface area contributed by atoms with Gasteiger partial charge in [-0.3, -0.25) is 9.24 Å². The van der Waals surface area contributed by atoms with Gasteiger partial charge in [-0.15, -0.1) is 0 Å². The topological polar surface area (TPSA) is 34.5 Å². The van der Waals surface area contributed by atoms with Crippen LogP contribution in [0.5, 0.6) is 0 Å². The Morgan fingerprint density at radius 3 is 2.75 bits per heavy atom. The van der Waals surface area contributed by atoms with Crippen molar-refractivity contribution in [3.05, 3.63) is 35.5 Å². The van der Waals surface area contributed by atoms with Gasteiger partial charge in [-0.2, -0.15) is 0 Å². The number of hydrogen-bond donors (Lipinski definition) is 0. The summed E-state index contributed by atoms with van der Waals surface area (Å²) in [5.41, 5.74) is 3.45. The lowest BCUT2D eigenvalue weighted by Gasteiger charge is -2.20. The SMILES string of the molecule is Cc1ccc2c(c1)c(CC(C(=O)OP)N(P)P)cn2P. The first-order valence-corrected chi connectivity index (χ1v) is 8.01. The Kier molecular flexibility index (Phi) is 5.52. The van der Waals surface area contributed by atoms with Crippen molar-refractivity contribution in [3.63, 3.8) is 0 Å². The van der Waals surface area contributed by atoms with Crippen molar-refractivity contribution < 1.29 is 9.32 Å². The molecule has 1 heterocycles. The van der Waals surface area contributed by atoms with Crippen LogP contribution in [0.15, 0.2) is 24.4 Å². The summed E-state index contributed by atoms with van der Waals surface area (Å²) in [6, 6.07) is 5.95. The maximum atomic E-state index is 11.8. The fourth-order valence-corrected chi connectivity index (χ4v) is 3.22. The standard InChI is InChI=1S/C12H18N2O2P4/c1-7-2-3-10-9(4-7)8(6-13(10)17)5-11(14(18)19)12(15)16-20/h2-4,6,11H,5,17-20H2,1H3. The van der Waals surface area contributed by atoms with E-state index in [2.05, 4.69) is 53.3 Å². The number of fused-ring (bicyclic) bond motifs is 1. The Morgan fingerprint density at radius 1 is 1.45 bits per heavy atom. The quantitative estimate of drug-likeness (QED) is 0.799. The van der Waals surface area contributed by atoms with E-state index >= 15 is 0 Å². The van der Waals surface area contributed by atoms with Crippen molar-refractivity contribution in [2.75, 3.05) is 0 Å². The van der Waals surface area contributed by atoms with E-state index in [0.29, 0.717) is 6.42 Å². The molecule has 0 saturated heterocycles. The Bertz CT molecular complexity index is 642. The highest BCUT2D eigenvalue weighted by Crippen LogP contribution is 2.28. The van der Waals surface area contributed by atoms with Crippen molar-refractivity contribution in [2.45, 2.75) is 19.4 Å². The molecule has 1 aromatic heterocycles. The predicted octanol–water partition coefficient (Wildman–Crippen LogP) is 2.71. The summed E-state index contributed by atoms with van der Waals surface area (Å²) in [4.78, 5) is 11.8. The number of aryl methyl sites for hydroxylation is 1. The molecule has 8 heteroatoms. The van der Waals surface area contributed by atoms with Gasteiger partial charge in [0.15, 0.2) is 0 Å². The summed E-state index contributed by atoms with van der Waals surface area (Å²) in [6.07, 6.45) is 2.62. The highest BCUT2D eigenvalue weighted by Gasteiger charge is 2.24. The van der Waals surface area contributed by atoms with Crippen molar-refractivity contribution >= 4 is 54.5 Å². The molecular formula is C12H18N2O2P4. The third kappa shape index (κ3) is 3.38. The van der Waals surface area contributed by atoms with Crippen LogP contribution in [0.2, 0.25) is 0 Å². The van der Waals surface area contributed by atoms with E-state index in [4.69, 9.17) is 4.52 Å². The zero-order valence-electron chi connectivity index (χ0n) is 11.1. The summed E-state index contributed by atoms with van der Waals surface area (Å²) >= 11 is 0. The molecule has 0 saturated carbocycles. The lowest BCUT2D eigenvalue weighted by atomic mass is 10.0. The van der Waals surface area contributed by atoms with Crippen LogP contribution in [0.25, 0.3) is 10.9 Å². The Morgan fingerprint density at radius 2 is 2.15 bits per heavy atom. The van der Waals surface area contributed by atoms with Crippen LogP contribution in [0.1, 0.15) is 11.1 Å². The van der Waals surface area contributed by atoms with Crippen LogP contribution in [0.3, 0.4) is 0 Å². The molecule has 0 aliphatic carbocycles. The minimum Gasteiger partial charge on any atom is -0.450 e. The van der Waals surface area contributed by atoms with Crippen LogP contribution < -0.4 is 0 Å². The number of benzene rings is 1. The number of carbonyl (C=O) groups excluding carboxylic acids is 1. The lowest BCUT2D eigenvalue weighted by Crippen LogP contribution is -2.31. The molecule has 108 valence electrons. The minimum absolute atomic E-state index is 0.280. The molecule has 5 atom stereocenters. The van der Waals surface area contributed by atoms with E-state index < -0.39 is 0 Å². The molecule has 1 aromatic carbocycles. The molecule has 0 bridgehead atoms. The van der Waals surface area contributed by atoms with Crippen molar-refractivity contribution in [2.24, 2.45) is 0 Å². The van der Waals surface area contributed by atoms with Gasteiger partial charge in [0.25, 0.3) is 0 Å². The van der Waals surface area contributed by atoms with Crippen LogP contribution >= 0.6 is 37.6 Å². The predicted molar refractivity (Wildman–Crippen MR) is 96.3 cm³/mol. The van der Waals surface area contributed by atoms with Gasteiger partial charge >= 0.3 is 5.97 Å². The lowest BCUT2D eigenvalue weighted by molar-refractivity contribution is -0.136. The Labute approximate surface area is 128 Å². The van der Waals surface area contributed by atoms with Crippen LogP contribution in [0.4, 0.5) is 0 Å². The van der Waals surface area contributed by atoms with E-state index in [9.17, 15) is 4.79 Å². The fourth-order valence-electron chi connectivity index (χ4n) is 2.20. The third-order valence-electron chi connectivity index (χ3n) is 3.23. The number of nitrogens with zero attached hydrogens (tertiary/aromatic N) is 2. The first-order chi connectivity index (χ1) is 9.43. The van der Waals surface area contributed by atoms with Crippen molar-refractivity contribution in [1.82, 2.24) is 8.78 Å². The second kappa shape index (κ2) is 6.78. The van der Waals surface area contributed by atoms with E-state index in [1.807, 2.05) is 20.0 Å². The zero-order valence-corrected chi connectivity index (χ0v) is 15.7. The van der Waals surface area contributed by atoms with E-state index in [-0.39, 0.29) is 12.0 Å². The Balaban J connectivity index is 2.42. The molecule has 0 fully saturated rings. The second-order valence-corrected chi connectivity index (χ2v) is 7.27. The summed E-state index contributed by atoms with van der Waals surface area (Å²) in [5.74, 6) is -0.280. The largest absolute Gasteiger partial charge is 0.450 e. The van der Waals surface area contributed by atoms with Gasteiger partial charge in [0.2, 0.25) is 0 Å².